The lowest BCUT2D eigenvalue weighted by molar-refractivity contribution is -0.183. The van der Waals surface area contributed by atoms with E-state index in [4.69, 9.17) is 9.47 Å². The highest BCUT2D eigenvalue weighted by Crippen LogP contribution is 2.41. The van der Waals surface area contributed by atoms with Gasteiger partial charge in [0.15, 0.2) is 6.10 Å². The van der Waals surface area contributed by atoms with Gasteiger partial charge in [0.2, 0.25) is 0 Å². The molecule has 1 unspecified atom stereocenters. The maximum absolute atomic E-state index is 13.0. The molecule has 2 saturated heterocycles. The van der Waals surface area contributed by atoms with Crippen molar-refractivity contribution in [1.29, 1.82) is 0 Å². The summed E-state index contributed by atoms with van der Waals surface area (Å²) in [4.78, 5) is 22.1. The van der Waals surface area contributed by atoms with Crippen molar-refractivity contribution < 1.29 is 14.3 Å². The number of nitrogens with zero attached hydrogens (tertiary/aromatic N) is 4. The molecular weight excluding hydrogens is 332 g/mol. The van der Waals surface area contributed by atoms with E-state index in [1.807, 2.05) is 17.3 Å². The van der Waals surface area contributed by atoms with Crippen molar-refractivity contribution in [2.45, 2.75) is 43.9 Å². The number of hydrogen-bond acceptors (Lipinski definition) is 5. The Hall–Kier alpha value is -1.44. The number of morpholine rings is 1. The summed E-state index contributed by atoms with van der Waals surface area (Å²) in [5.41, 5.74) is -0.408. The summed E-state index contributed by atoms with van der Waals surface area (Å²) in [6, 6.07) is 0. The predicted octanol–water partition coefficient (Wildman–Crippen LogP) is 0.842. The fourth-order valence-electron chi connectivity index (χ4n) is 4.62. The molecule has 1 spiro atoms. The van der Waals surface area contributed by atoms with E-state index in [1.54, 1.807) is 0 Å². The number of imidazole rings is 1. The fraction of sp³-hybridized carbons (Fsp3) is 0.789. The van der Waals surface area contributed by atoms with E-state index in [0.29, 0.717) is 32.8 Å². The summed E-state index contributed by atoms with van der Waals surface area (Å²) in [7, 11) is 0. The second-order valence-electron chi connectivity index (χ2n) is 8.19. The Kier molecular flexibility index (Phi) is 4.26. The van der Waals surface area contributed by atoms with Gasteiger partial charge in [-0.3, -0.25) is 4.79 Å². The first-order chi connectivity index (χ1) is 12.7. The number of carbonyl (C=O) groups excluding carboxylic acids is 1. The Balaban J connectivity index is 1.33. The quantitative estimate of drug-likeness (QED) is 0.800. The van der Waals surface area contributed by atoms with Crippen molar-refractivity contribution in [2.24, 2.45) is 5.92 Å². The van der Waals surface area contributed by atoms with Gasteiger partial charge in [-0.15, -0.1) is 0 Å². The highest BCUT2D eigenvalue weighted by molar-refractivity contribution is 5.81. The number of rotatable bonds is 3. The highest BCUT2D eigenvalue weighted by Gasteiger charge is 2.48. The van der Waals surface area contributed by atoms with Gasteiger partial charge in [-0.1, -0.05) is 0 Å². The smallest absolute Gasteiger partial charge is 0.253 e. The number of likely N-dealkylation sites (tertiary alicyclic amines) is 1. The Morgan fingerprint density at radius 2 is 1.96 bits per heavy atom. The van der Waals surface area contributed by atoms with Gasteiger partial charge in [0, 0.05) is 45.1 Å². The van der Waals surface area contributed by atoms with Crippen LogP contribution in [0.4, 0.5) is 0 Å². The predicted molar refractivity (Wildman–Crippen MR) is 94.6 cm³/mol. The third kappa shape index (κ3) is 3.06. The second kappa shape index (κ2) is 6.62. The molecule has 0 aromatic carbocycles. The van der Waals surface area contributed by atoms with Crippen molar-refractivity contribution in [1.82, 2.24) is 19.4 Å². The van der Waals surface area contributed by atoms with Crippen LogP contribution in [0.15, 0.2) is 12.4 Å². The summed E-state index contributed by atoms with van der Waals surface area (Å²) in [6.45, 7) is 6.42. The zero-order valence-corrected chi connectivity index (χ0v) is 15.3. The molecule has 1 aromatic heterocycles. The number of fused-ring (bicyclic) bond motifs is 2. The lowest BCUT2D eigenvalue weighted by Gasteiger charge is -2.46. The SMILES string of the molecule is O=C(C1Cn2ccnc2C2(CCN(CC3CC3)CC2)O1)N1CCOCC1. The summed E-state index contributed by atoms with van der Waals surface area (Å²) < 4.78 is 14.1. The molecule has 4 aliphatic rings. The first-order valence-electron chi connectivity index (χ1n) is 10.0. The largest absolute Gasteiger partial charge is 0.378 e. The normalized spacial score (nSPS) is 28.9. The van der Waals surface area contributed by atoms with E-state index in [1.165, 1.54) is 19.4 Å². The van der Waals surface area contributed by atoms with Gasteiger partial charge in [-0.05, 0) is 31.6 Å². The Labute approximate surface area is 154 Å². The van der Waals surface area contributed by atoms with Gasteiger partial charge in [-0.25, -0.2) is 4.98 Å². The third-order valence-corrected chi connectivity index (χ3v) is 6.33. The van der Waals surface area contributed by atoms with Crippen molar-refractivity contribution in [3.8, 4) is 0 Å². The minimum atomic E-state index is -0.412. The molecule has 142 valence electrons. The van der Waals surface area contributed by atoms with Crippen molar-refractivity contribution >= 4 is 5.91 Å². The van der Waals surface area contributed by atoms with Crippen molar-refractivity contribution in [3.05, 3.63) is 18.2 Å². The zero-order chi connectivity index (χ0) is 17.6. The zero-order valence-electron chi connectivity index (χ0n) is 15.3. The molecule has 3 fully saturated rings. The van der Waals surface area contributed by atoms with Gasteiger partial charge in [0.25, 0.3) is 5.91 Å². The number of amides is 1. The highest BCUT2D eigenvalue weighted by atomic mass is 16.5. The number of carbonyl (C=O) groups is 1. The van der Waals surface area contributed by atoms with Crippen LogP contribution in [0, 0.1) is 5.92 Å². The lowest BCUT2D eigenvalue weighted by Crippen LogP contribution is -2.55. The average molecular weight is 360 g/mol. The van der Waals surface area contributed by atoms with E-state index >= 15 is 0 Å². The van der Waals surface area contributed by atoms with Crippen LogP contribution in [-0.4, -0.2) is 77.3 Å². The molecule has 3 aliphatic heterocycles. The van der Waals surface area contributed by atoms with Crippen LogP contribution in [0.1, 0.15) is 31.5 Å². The molecule has 26 heavy (non-hydrogen) atoms. The summed E-state index contributed by atoms with van der Waals surface area (Å²) in [6.07, 6.45) is 8.05. The minimum Gasteiger partial charge on any atom is -0.378 e. The Morgan fingerprint density at radius 1 is 1.19 bits per heavy atom. The number of ether oxygens (including phenoxy) is 2. The van der Waals surface area contributed by atoms with Gasteiger partial charge in [0.1, 0.15) is 11.4 Å². The number of piperidine rings is 1. The van der Waals surface area contributed by atoms with Crippen LogP contribution < -0.4 is 0 Å². The van der Waals surface area contributed by atoms with Gasteiger partial charge >= 0.3 is 0 Å². The maximum atomic E-state index is 13.0. The molecule has 4 heterocycles. The molecule has 0 radical (unpaired) electrons. The summed E-state index contributed by atoms with van der Waals surface area (Å²) in [5, 5.41) is 0. The van der Waals surface area contributed by atoms with Gasteiger partial charge in [-0.2, -0.15) is 0 Å². The van der Waals surface area contributed by atoms with Crippen LogP contribution in [0.25, 0.3) is 0 Å². The summed E-state index contributed by atoms with van der Waals surface area (Å²) in [5.74, 6) is 2.02. The van der Waals surface area contributed by atoms with E-state index in [-0.39, 0.29) is 5.91 Å². The second-order valence-corrected chi connectivity index (χ2v) is 8.19. The minimum absolute atomic E-state index is 0.104. The van der Waals surface area contributed by atoms with Gasteiger partial charge in [0.05, 0.1) is 19.8 Å². The van der Waals surface area contributed by atoms with E-state index < -0.39 is 11.7 Å². The molecule has 0 N–H and O–H groups in total. The van der Waals surface area contributed by atoms with Crippen LogP contribution >= 0.6 is 0 Å². The third-order valence-electron chi connectivity index (χ3n) is 6.33. The van der Waals surface area contributed by atoms with E-state index in [9.17, 15) is 4.79 Å². The molecule has 1 aromatic rings. The molecule has 1 saturated carbocycles. The molecule has 1 aliphatic carbocycles. The first kappa shape index (κ1) is 16.7. The van der Waals surface area contributed by atoms with E-state index in [0.717, 1.165) is 37.7 Å². The van der Waals surface area contributed by atoms with Crippen molar-refractivity contribution in [3.63, 3.8) is 0 Å². The Bertz CT molecular complexity index is 657. The van der Waals surface area contributed by atoms with Crippen LogP contribution in [0.5, 0.6) is 0 Å². The van der Waals surface area contributed by atoms with Crippen LogP contribution in [-0.2, 0) is 26.4 Å². The molecule has 1 amide bonds. The van der Waals surface area contributed by atoms with Crippen LogP contribution in [0.3, 0.4) is 0 Å². The average Bonchev–Trinajstić information content (AvgIpc) is 3.36. The molecule has 7 heteroatoms. The first-order valence-corrected chi connectivity index (χ1v) is 10.0. The lowest BCUT2D eigenvalue weighted by atomic mass is 9.88. The summed E-state index contributed by atoms with van der Waals surface area (Å²) >= 11 is 0. The Morgan fingerprint density at radius 3 is 2.69 bits per heavy atom. The maximum Gasteiger partial charge on any atom is 0.253 e. The van der Waals surface area contributed by atoms with E-state index in [2.05, 4.69) is 14.5 Å². The fourth-order valence-corrected chi connectivity index (χ4v) is 4.62. The molecular formula is C19H28N4O3. The standard InChI is InChI=1S/C19H28N4O3/c24-17(22-9-11-25-12-10-22)16-14-23-8-5-20-18(23)19(26-16)3-6-21(7-4-19)13-15-1-2-15/h5,8,15-16H,1-4,6-7,9-14H2. The molecule has 0 bridgehead atoms. The molecule has 5 rings (SSSR count). The van der Waals surface area contributed by atoms with Crippen LogP contribution in [0.2, 0.25) is 0 Å². The monoisotopic (exact) mass is 360 g/mol. The van der Waals surface area contributed by atoms with Crippen molar-refractivity contribution in [2.75, 3.05) is 45.9 Å². The topological polar surface area (TPSA) is 59.8 Å². The number of hydrogen-bond donors (Lipinski definition) is 0. The molecule has 1 atom stereocenters. The molecule has 7 nitrogen and oxygen atoms in total. The van der Waals surface area contributed by atoms with Gasteiger partial charge < -0.3 is 23.8 Å². The number of aromatic nitrogens is 2.